The number of halogens is 1. The highest BCUT2D eigenvalue weighted by Gasteiger charge is 2.36. The summed E-state index contributed by atoms with van der Waals surface area (Å²) in [5, 5.41) is 1.12. The minimum Gasteiger partial charge on any atom is -0.457 e. The summed E-state index contributed by atoms with van der Waals surface area (Å²) >= 11 is 3.28. The first kappa shape index (κ1) is 20.7. The van der Waals surface area contributed by atoms with Gasteiger partial charge in [0.05, 0.1) is 12.5 Å². The third-order valence-corrected chi connectivity index (χ3v) is 5.02. The monoisotopic (exact) mass is 458 g/mol. The number of hydrogen-bond acceptors (Lipinski definition) is 5. The fourth-order valence-electron chi connectivity index (χ4n) is 2.92. The molecule has 0 bridgehead atoms. The van der Waals surface area contributed by atoms with Gasteiger partial charge in [0.2, 0.25) is 5.91 Å². The van der Waals surface area contributed by atoms with Crippen molar-refractivity contribution in [3.8, 4) is 0 Å². The number of nitrogens with zero attached hydrogens (tertiary/aromatic N) is 1. The van der Waals surface area contributed by atoms with Gasteiger partial charge in [0.25, 0.3) is 5.91 Å². The zero-order chi connectivity index (χ0) is 21.0. The van der Waals surface area contributed by atoms with Crippen LogP contribution in [0.4, 0.5) is 0 Å². The molecule has 0 aromatic heterocycles. The average Bonchev–Trinajstić information content (AvgIpc) is 3.07. The van der Waals surface area contributed by atoms with E-state index in [4.69, 9.17) is 4.74 Å². The summed E-state index contributed by atoms with van der Waals surface area (Å²) < 4.78 is 5.92. The van der Waals surface area contributed by atoms with Crippen molar-refractivity contribution in [1.82, 2.24) is 10.4 Å². The van der Waals surface area contributed by atoms with Crippen LogP contribution in [0.25, 0.3) is 0 Å². The molecular weight excluding hydrogens is 440 g/mol. The Kier molecular flexibility index (Phi) is 6.43. The summed E-state index contributed by atoms with van der Waals surface area (Å²) in [5.74, 6) is -2.53. The van der Waals surface area contributed by atoms with Crippen LogP contribution < -0.4 is 5.43 Å². The highest BCUT2D eigenvalue weighted by Crippen LogP contribution is 2.18. The number of hydrogen-bond donors (Lipinski definition) is 1. The van der Waals surface area contributed by atoms with Crippen LogP contribution in [0.3, 0.4) is 0 Å². The van der Waals surface area contributed by atoms with Crippen LogP contribution in [0, 0.1) is 12.8 Å². The Morgan fingerprint density at radius 3 is 2.55 bits per heavy atom. The lowest BCUT2D eigenvalue weighted by Crippen LogP contribution is -2.43. The van der Waals surface area contributed by atoms with Gasteiger partial charge in [0, 0.05) is 22.0 Å². The maximum atomic E-state index is 12.3. The molecule has 2 amide bonds. The lowest BCUT2D eigenvalue weighted by molar-refractivity contribution is -0.147. The number of rotatable bonds is 6. The van der Waals surface area contributed by atoms with Gasteiger partial charge in [-0.25, -0.2) is 0 Å². The highest BCUT2D eigenvalue weighted by atomic mass is 79.9. The largest absolute Gasteiger partial charge is 0.457 e. The lowest BCUT2D eigenvalue weighted by atomic mass is 10.1. The van der Waals surface area contributed by atoms with Crippen LogP contribution in [0.15, 0.2) is 53.0 Å². The lowest BCUT2D eigenvalue weighted by Gasteiger charge is -2.17. The molecule has 1 atom stereocenters. The molecule has 1 N–H and O–H groups in total. The molecule has 0 spiro atoms. The van der Waals surface area contributed by atoms with Crippen molar-refractivity contribution in [3.63, 3.8) is 0 Å². The van der Waals surface area contributed by atoms with Gasteiger partial charge >= 0.3 is 5.97 Å². The van der Waals surface area contributed by atoms with Gasteiger partial charge in [-0.1, -0.05) is 45.8 Å². The molecule has 8 heteroatoms. The molecule has 1 aliphatic heterocycles. The van der Waals surface area contributed by atoms with E-state index in [9.17, 15) is 19.2 Å². The second kappa shape index (κ2) is 9.00. The SMILES string of the molecule is Cc1cccc(C(=O)NN2C[C@H](C(=O)OCC(=O)c3ccc(Br)cc3)CC2=O)c1. The maximum Gasteiger partial charge on any atom is 0.311 e. The fourth-order valence-corrected chi connectivity index (χ4v) is 3.18. The first-order valence-corrected chi connectivity index (χ1v) is 9.76. The smallest absolute Gasteiger partial charge is 0.311 e. The van der Waals surface area contributed by atoms with Crippen LogP contribution in [0.2, 0.25) is 0 Å². The van der Waals surface area contributed by atoms with E-state index in [0.717, 1.165) is 15.0 Å². The number of carbonyl (C=O) groups is 4. The van der Waals surface area contributed by atoms with Crippen molar-refractivity contribution in [2.75, 3.05) is 13.2 Å². The summed E-state index contributed by atoms with van der Waals surface area (Å²) in [7, 11) is 0. The summed E-state index contributed by atoms with van der Waals surface area (Å²) in [6.07, 6.45) is -0.0839. The second-order valence-electron chi connectivity index (χ2n) is 6.75. The molecule has 150 valence electrons. The number of Topliss-reactive ketones (excluding diaryl/α,β-unsaturated/α-hetero) is 1. The Balaban J connectivity index is 1.52. The molecule has 2 aromatic rings. The molecule has 0 aliphatic carbocycles. The van der Waals surface area contributed by atoms with Crippen LogP contribution in [-0.2, 0) is 14.3 Å². The van der Waals surface area contributed by atoms with Crippen LogP contribution in [-0.4, -0.2) is 41.7 Å². The minimum atomic E-state index is -0.738. The molecule has 3 rings (SSSR count). The molecule has 0 radical (unpaired) electrons. The van der Waals surface area contributed by atoms with Gasteiger partial charge in [0.15, 0.2) is 12.4 Å². The zero-order valence-corrected chi connectivity index (χ0v) is 17.3. The van der Waals surface area contributed by atoms with Gasteiger partial charge in [-0.3, -0.25) is 29.6 Å². The minimum absolute atomic E-state index is 0.00168. The number of hydrazine groups is 1. The molecular formula is C21H19BrN2O5. The van der Waals surface area contributed by atoms with Gasteiger partial charge in [-0.15, -0.1) is 0 Å². The van der Waals surface area contributed by atoms with Crippen molar-refractivity contribution in [2.24, 2.45) is 5.92 Å². The molecule has 7 nitrogen and oxygen atoms in total. The van der Waals surface area contributed by atoms with E-state index in [-0.39, 0.29) is 24.7 Å². The zero-order valence-electron chi connectivity index (χ0n) is 15.7. The van der Waals surface area contributed by atoms with Crippen molar-refractivity contribution in [3.05, 3.63) is 69.7 Å². The van der Waals surface area contributed by atoms with Gasteiger partial charge < -0.3 is 4.74 Å². The number of nitrogens with one attached hydrogen (secondary N) is 1. The molecule has 1 fully saturated rings. The van der Waals surface area contributed by atoms with E-state index in [1.807, 2.05) is 13.0 Å². The van der Waals surface area contributed by atoms with Crippen molar-refractivity contribution in [1.29, 1.82) is 0 Å². The average molecular weight is 459 g/mol. The molecule has 1 heterocycles. The molecule has 1 aliphatic rings. The van der Waals surface area contributed by atoms with E-state index in [1.165, 1.54) is 0 Å². The van der Waals surface area contributed by atoms with E-state index in [1.54, 1.807) is 42.5 Å². The predicted octanol–water partition coefficient (Wildman–Crippen LogP) is 2.68. The Hall–Kier alpha value is -3.00. The number of esters is 1. The standard InChI is InChI=1S/C21H19BrN2O5/c1-13-3-2-4-15(9-13)20(27)23-24-11-16(10-19(24)26)21(28)29-12-18(25)14-5-7-17(22)8-6-14/h2-9,16H,10-12H2,1H3,(H,23,27)/t16-/m1/s1. The number of amides is 2. The summed E-state index contributed by atoms with van der Waals surface area (Å²) in [6, 6.07) is 13.7. The molecule has 0 unspecified atom stereocenters. The topological polar surface area (TPSA) is 92.8 Å². The number of aryl methyl sites for hydroxylation is 1. The number of carbonyl (C=O) groups excluding carboxylic acids is 4. The maximum absolute atomic E-state index is 12.3. The fraction of sp³-hybridized carbons (Fsp3) is 0.238. The van der Waals surface area contributed by atoms with Crippen LogP contribution >= 0.6 is 15.9 Å². The van der Waals surface area contributed by atoms with E-state index < -0.39 is 24.4 Å². The summed E-state index contributed by atoms with van der Waals surface area (Å²) in [5.41, 5.74) is 4.28. The molecule has 0 saturated carbocycles. The number of benzene rings is 2. The van der Waals surface area contributed by atoms with Crippen molar-refractivity contribution >= 4 is 39.5 Å². The Morgan fingerprint density at radius 1 is 1.14 bits per heavy atom. The van der Waals surface area contributed by atoms with Crippen LogP contribution in [0.5, 0.6) is 0 Å². The Labute approximate surface area is 176 Å². The number of ether oxygens (including phenoxy) is 1. The quantitative estimate of drug-likeness (QED) is 0.530. The van der Waals surface area contributed by atoms with Gasteiger partial charge in [-0.05, 0) is 31.2 Å². The Morgan fingerprint density at radius 2 is 1.86 bits per heavy atom. The third kappa shape index (κ3) is 5.29. The molecule has 29 heavy (non-hydrogen) atoms. The molecule has 2 aromatic carbocycles. The third-order valence-electron chi connectivity index (χ3n) is 4.49. The van der Waals surface area contributed by atoms with Crippen molar-refractivity contribution < 1.29 is 23.9 Å². The molecule has 1 saturated heterocycles. The van der Waals surface area contributed by atoms with E-state index in [0.29, 0.717) is 11.1 Å². The first-order chi connectivity index (χ1) is 13.8. The Bertz CT molecular complexity index is 958. The van der Waals surface area contributed by atoms with Gasteiger partial charge in [0.1, 0.15) is 0 Å². The number of ketones is 1. The summed E-state index contributed by atoms with van der Waals surface area (Å²) in [6.45, 7) is 1.46. The van der Waals surface area contributed by atoms with Crippen molar-refractivity contribution in [2.45, 2.75) is 13.3 Å². The first-order valence-electron chi connectivity index (χ1n) is 8.97. The van der Waals surface area contributed by atoms with E-state index >= 15 is 0 Å². The van der Waals surface area contributed by atoms with E-state index in [2.05, 4.69) is 21.4 Å². The highest BCUT2D eigenvalue weighted by molar-refractivity contribution is 9.10. The van der Waals surface area contributed by atoms with Crippen LogP contribution in [0.1, 0.15) is 32.7 Å². The predicted molar refractivity (Wildman–Crippen MR) is 108 cm³/mol. The van der Waals surface area contributed by atoms with Gasteiger partial charge in [-0.2, -0.15) is 0 Å². The second-order valence-corrected chi connectivity index (χ2v) is 7.67. The summed E-state index contributed by atoms with van der Waals surface area (Å²) in [4.78, 5) is 48.8. The normalized spacial score (nSPS) is 15.9.